The standard InChI is InChI=1S/C16H21N3S/c1-19-11-4-5-13(19)8-9-17-15-7-3-2-6-14(15)16-18-10-12-20-16/h2-3,6-7,10,12-13,17H,4-5,8-9,11H2,1H3. The van der Waals surface area contributed by atoms with E-state index in [-0.39, 0.29) is 0 Å². The Bertz CT molecular complexity index is 538. The van der Waals surface area contributed by atoms with Crippen LogP contribution in [0.4, 0.5) is 5.69 Å². The number of rotatable bonds is 5. The first-order valence-electron chi connectivity index (χ1n) is 7.27. The Morgan fingerprint density at radius 3 is 3.05 bits per heavy atom. The number of aromatic nitrogens is 1. The molecular formula is C16H21N3S. The summed E-state index contributed by atoms with van der Waals surface area (Å²) in [7, 11) is 2.24. The first kappa shape index (κ1) is 13.6. The Balaban J connectivity index is 1.63. The number of para-hydroxylation sites is 1. The summed E-state index contributed by atoms with van der Waals surface area (Å²) in [5.41, 5.74) is 2.41. The van der Waals surface area contributed by atoms with Gasteiger partial charge in [0.1, 0.15) is 5.01 Å². The van der Waals surface area contributed by atoms with Gasteiger partial charge < -0.3 is 10.2 Å². The Hall–Kier alpha value is -1.39. The van der Waals surface area contributed by atoms with Crippen LogP contribution in [0.2, 0.25) is 0 Å². The van der Waals surface area contributed by atoms with E-state index in [4.69, 9.17) is 0 Å². The number of nitrogens with one attached hydrogen (secondary N) is 1. The third-order valence-corrected chi connectivity index (χ3v) is 4.86. The lowest BCUT2D eigenvalue weighted by molar-refractivity contribution is 0.301. The molecule has 3 rings (SSSR count). The van der Waals surface area contributed by atoms with E-state index in [0.717, 1.165) is 17.6 Å². The normalized spacial score (nSPS) is 19.4. The van der Waals surface area contributed by atoms with Gasteiger partial charge >= 0.3 is 0 Å². The van der Waals surface area contributed by atoms with Crippen LogP contribution in [0.3, 0.4) is 0 Å². The average molecular weight is 287 g/mol. The number of nitrogens with zero attached hydrogens (tertiary/aromatic N) is 2. The third kappa shape index (κ3) is 3.02. The van der Waals surface area contributed by atoms with Crippen LogP contribution >= 0.6 is 11.3 Å². The van der Waals surface area contributed by atoms with E-state index >= 15 is 0 Å². The van der Waals surface area contributed by atoms with Gasteiger partial charge in [0.15, 0.2) is 0 Å². The molecule has 0 radical (unpaired) electrons. The smallest absolute Gasteiger partial charge is 0.125 e. The van der Waals surface area contributed by atoms with Crippen LogP contribution < -0.4 is 5.32 Å². The quantitative estimate of drug-likeness (QED) is 0.908. The van der Waals surface area contributed by atoms with Crippen LogP contribution in [0.5, 0.6) is 0 Å². The fourth-order valence-corrected chi connectivity index (χ4v) is 3.57. The first-order valence-corrected chi connectivity index (χ1v) is 8.15. The molecule has 0 amide bonds. The molecule has 1 fully saturated rings. The van der Waals surface area contributed by atoms with Crippen LogP contribution in [0, 0.1) is 0 Å². The number of thiazole rings is 1. The number of hydrogen-bond donors (Lipinski definition) is 1. The molecule has 1 saturated heterocycles. The zero-order valence-electron chi connectivity index (χ0n) is 11.9. The van der Waals surface area contributed by atoms with Crippen molar-refractivity contribution in [2.75, 3.05) is 25.5 Å². The van der Waals surface area contributed by atoms with Gasteiger partial charge in [-0.1, -0.05) is 12.1 Å². The van der Waals surface area contributed by atoms with Gasteiger partial charge in [0, 0.05) is 35.4 Å². The largest absolute Gasteiger partial charge is 0.384 e. The van der Waals surface area contributed by atoms with Crippen molar-refractivity contribution in [3.63, 3.8) is 0 Å². The van der Waals surface area contributed by atoms with Crippen molar-refractivity contribution in [2.45, 2.75) is 25.3 Å². The second kappa shape index (κ2) is 6.37. The Morgan fingerprint density at radius 2 is 2.30 bits per heavy atom. The van der Waals surface area contributed by atoms with Gasteiger partial charge in [0.25, 0.3) is 0 Å². The summed E-state index contributed by atoms with van der Waals surface area (Å²) < 4.78 is 0. The first-order chi connectivity index (χ1) is 9.84. The molecule has 4 heteroatoms. The molecule has 1 aliphatic heterocycles. The van der Waals surface area contributed by atoms with Gasteiger partial charge in [-0.15, -0.1) is 11.3 Å². The molecule has 106 valence electrons. The van der Waals surface area contributed by atoms with Gasteiger partial charge in [-0.05, 0) is 45.0 Å². The van der Waals surface area contributed by atoms with Crippen molar-refractivity contribution in [1.82, 2.24) is 9.88 Å². The monoisotopic (exact) mass is 287 g/mol. The van der Waals surface area contributed by atoms with Crippen LogP contribution in [-0.2, 0) is 0 Å². The van der Waals surface area contributed by atoms with Gasteiger partial charge in [-0.3, -0.25) is 0 Å². The molecule has 2 aromatic rings. The Labute approximate surface area is 124 Å². The Morgan fingerprint density at radius 1 is 1.40 bits per heavy atom. The highest BCUT2D eigenvalue weighted by Gasteiger charge is 2.20. The van der Waals surface area contributed by atoms with E-state index in [1.54, 1.807) is 11.3 Å². The van der Waals surface area contributed by atoms with Crippen molar-refractivity contribution in [3.8, 4) is 10.6 Å². The lowest BCUT2D eigenvalue weighted by Crippen LogP contribution is -2.27. The summed E-state index contributed by atoms with van der Waals surface area (Å²) in [6, 6.07) is 9.20. The summed E-state index contributed by atoms with van der Waals surface area (Å²) in [5, 5.41) is 6.71. The minimum absolute atomic E-state index is 0.745. The van der Waals surface area contributed by atoms with E-state index < -0.39 is 0 Å². The van der Waals surface area contributed by atoms with Crippen molar-refractivity contribution in [2.24, 2.45) is 0 Å². The van der Waals surface area contributed by atoms with Crippen molar-refractivity contribution < 1.29 is 0 Å². The predicted octanol–water partition coefficient (Wildman–Crippen LogP) is 3.71. The maximum atomic E-state index is 4.42. The molecule has 0 spiro atoms. The summed E-state index contributed by atoms with van der Waals surface area (Å²) in [4.78, 5) is 6.90. The molecule has 3 nitrogen and oxygen atoms in total. The SMILES string of the molecule is CN1CCCC1CCNc1ccccc1-c1nccs1. The molecule has 20 heavy (non-hydrogen) atoms. The van der Waals surface area contributed by atoms with Gasteiger partial charge in [0.2, 0.25) is 0 Å². The summed E-state index contributed by atoms with van der Waals surface area (Å²) in [6.07, 6.45) is 5.76. The molecule has 1 aromatic heterocycles. The van der Waals surface area contributed by atoms with E-state index in [2.05, 4.69) is 46.5 Å². The van der Waals surface area contributed by atoms with E-state index in [1.165, 1.54) is 37.1 Å². The van der Waals surface area contributed by atoms with Crippen molar-refractivity contribution in [1.29, 1.82) is 0 Å². The molecule has 0 bridgehead atoms. The second-order valence-electron chi connectivity index (χ2n) is 5.37. The van der Waals surface area contributed by atoms with Gasteiger partial charge in [-0.25, -0.2) is 4.98 Å². The average Bonchev–Trinajstić information content (AvgIpc) is 3.12. The molecule has 1 unspecified atom stereocenters. The fraction of sp³-hybridized carbons (Fsp3) is 0.438. The predicted molar refractivity (Wildman–Crippen MR) is 86.3 cm³/mol. The van der Waals surface area contributed by atoms with Crippen LogP contribution in [0.25, 0.3) is 10.6 Å². The molecular weight excluding hydrogens is 266 g/mol. The zero-order chi connectivity index (χ0) is 13.8. The molecule has 1 aromatic carbocycles. The van der Waals surface area contributed by atoms with E-state index in [9.17, 15) is 0 Å². The molecule has 0 aliphatic carbocycles. The second-order valence-corrected chi connectivity index (χ2v) is 6.27. The minimum Gasteiger partial charge on any atom is -0.384 e. The number of hydrogen-bond acceptors (Lipinski definition) is 4. The highest BCUT2D eigenvalue weighted by Crippen LogP contribution is 2.29. The number of likely N-dealkylation sites (tertiary alicyclic amines) is 1. The molecule has 2 heterocycles. The highest BCUT2D eigenvalue weighted by atomic mass is 32.1. The highest BCUT2D eigenvalue weighted by molar-refractivity contribution is 7.13. The Kier molecular flexibility index (Phi) is 4.33. The maximum absolute atomic E-state index is 4.42. The topological polar surface area (TPSA) is 28.2 Å². The van der Waals surface area contributed by atoms with Crippen molar-refractivity contribution in [3.05, 3.63) is 35.8 Å². The summed E-state index contributed by atoms with van der Waals surface area (Å²) >= 11 is 1.69. The van der Waals surface area contributed by atoms with Crippen LogP contribution in [-0.4, -0.2) is 36.1 Å². The van der Waals surface area contributed by atoms with E-state index in [0.29, 0.717) is 0 Å². The molecule has 1 aliphatic rings. The minimum atomic E-state index is 0.745. The summed E-state index contributed by atoms with van der Waals surface area (Å²) in [5.74, 6) is 0. The lowest BCUT2D eigenvalue weighted by atomic mass is 10.1. The van der Waals surface area contributed by atoms with Crippen LogP contribution in [0.1, 0.15) is 19.3 Å². The van der Waals surface area contributed by atoms with E-state index in [1.807, 2.05) is 11.6 Å². The summed E-state index contributed by atoms with van der Waals surface area (Å²) in [6.45, 7) is 2.28. The maximum Gasteiger partial charge on any atom is 0.125 e. The lowest BCUT2D eigenvalue weighted by Gasteiger charge is -2.20. The van der Waals surface area contributed by atoms with Crippen molar-refractivity contribution >= 4 is 17.0 Å². The number of anilines is 1. The zero-order valence-corrected chi connectivity index (χ0v) is 12.7. The van der Waals surface area contributed by atoms with Crippen LogP contribution in [0.15, 0.2) is 35.8 Å². The van der Waals surface area contributed by atoms with Gasteiger partial charge in [0.05, 0.1) is 0 Å². The third-order valence-electron chi connectivity index (χ3n) is 4.05. The molecule has 1 N–H and O–H groups in total. The van der Waals surface area contributed by atoms with Gasteiger partial charge in [-0.2, -0.15) is 0 Å². The molecule has 1 atom stereocenters. The molecule has 0 saturated carbocycles. The fourth-order valence-electron chi connectivity index (χ4n) is 2.90. The number of benzene rings is 1.